The normalized spacial score (nSPS) is 10.6. The van der Waals surface area contributed by atoms with E-state index >= 15 is 0 Å². The molecule has 0 amide bonds. The Hall–Kier alpha value is -0.780. The Kier molecular flexibility index (Phi) is 7.02. The molecular weight excluding hydrogens is 500 g/mol. The van der Waals surface area contributed by atoms with Gasteiger partial charge in [0.15, 0.2) is 0 Å². The number of hydrogen-bond donors (Lipinski definition) is 0. The van der Waals surface area contributed by atoms with E-state index in [0.717, 1.165) is 29.7 Å². The molecule has 0 aliphatic heterocycles. The molecule has 0 bridgehead atoms. The molecule has 25 heavy (non-hydrogen) atoms. The van der Waals surface area contributed by atoms with E-state index in [9.17, 15) is 5.26 Å². The van der Waals surface area contributed by atoms with E-state index in [4.69, 9.17) is 0 Å². The van der Waals surface area contributed by atoms with Crippen LogP contribution >= 0.6 is 66.9 Å². The minimum atomic E-state index is 0.694. The molecule has 0 atom stereocenters. The molecule has 2 nitrogen and oxygen atoms in total. The quantitative estimate of drug-likeness (QED) is 0.330. The van der Waals surface area contributed by atoms with Gasteiger partial charge in [-0.2, -0.15) is 9.64 Å². The van der Waals surface area contributed by atoms with E-state index in [1.807, 2.05) is 36.4 Å². The van der Waals surface area contributed by atoms with Gasteiger partial charge in [-0.05, 0) is 34.8 Å². The van der Waals surface area contributed by atoms with Gasteiger partial charge in [-0.3, -0.25) is 0 Å². The number of hydrogen-bond acceptors (Lipinski definition) is 5. The van der Waals surface area contributed by atoms with Gasteiger partial charge in [0, 0.05) is 20.5 Å². The fourth-order valence-corrected chi connectivity index (χ4v) is 6.40. The molecule has 0 radical (unpaired) electrons. The molecule has 126 valence electrons. The number of nitrogens with zero attached hydrogens (tertiary/aromatic N) is 2. The predicted octanol–water partition coefficient (Wildman–Crippen LogP) is 7.12. The minimum Gasteiger partial charge on any atom is -0.192 e. The molecule has 0 aliphatic carbocycles. The van der Waals surface area contributed by atoms with Crippen LogP contribution in [0.3, 0.4) is 0 Å². The number of halogens is 2. The van der Waals surface area contributed by atoms with E-state index in [2.05, 4.69) is 54.4 Å². The predicted molar refractivity (Wildman–Crippen MR) is 114 cm³/mol. The lowest BCUT2D eigenvalue weighted by atomic mass is 10.2. The first-order valence-electron chi connectivity index (χ1n) is 7.31. The second-order valence-electron chi connectivity index (χ2n) is 5.02. The van der Waals surface area contributed by atoms with Crippen molar-refractivity contribution in [2.24, 2.45) is 0 Å². The smallest absolute Gasteiger partial charge is 0.129 e. The third-order valence-electron chi connectivity index (χ3n) is 3.38. The second-order valence-corrected chi connectivity index (χ2v) is 9.71. The number of nitriles is 1. The van der Waals surface area contributed by atoms with Gasteiger partial charge in [0.25, 0.3) is 0 Å². The van der Waals surface area contributed by atoms with Crippen LogP contribution < -0.4 is 0 Å². The number of rotatable bonds is 6. The van der Waals surface area contributed by atoms with Gasteiger partial charge in [0.1, 0.15) is 16.7 Å². The molecule has 1 heterocycles. The van der Waals surface area contributed by atoms with Gasteiger partial charge < -0.3 is 0 Å². The van der Waals surface area contributed by atoms with Crippen molar-refractivity contribution in [3.05, 3.63) is 74.2 Å². The average Bonchev–Trinajstić information content (AvgIpc) is 3.02. The molecule has 0 fully saturated rings. The molecule has 2 aromatic carbocycles. The topological polar surface area (TPSA) is 36.7 Å². The van der Waals surface area contributed by atoms with E-state index in [0.29, 0.717) is 5.56 Å². The van der Waals surface area contributed by atoms with E-state index < -0.39 is 0 Å². The van der Waals surface area contributed by atoms with Crippen molar-refractivity contribution in [3.8, 4) is 6.07 Å². The van der Waals surface area contributed by atoms with Crippen LogP contribution in [0.4, 0.5) is 0 Å². The molecular formula is C18H12Br2N2S3. The summed E-state index contributed by atoms with van der Waals surface area (Å²) in [7, 11) is 0. The number of aromatic nitrogens is 1. The van der Waals surface area contributed by atoms with E-state index in [1.165, 1.54) is 22.7 Å². The van der Waals surface area contributed by atoms with Crippen LogP contribution in [0.25, 0.3) is 0 Å². The summed E-state index contributed by atoms with van der Waals surface area (Å²) in [6.45, 7) is 0. The lowest BCUT2D eigenvalue weighted by Crippen LogP contribution is -1.85. The standard InChI is InChI=1S/C18H12Br2N2S3/c19-15-7-3-1-5-12(15)10-23-17-14(9-21)18(25-22-17)24-11-13-6-2-4-8-16(13)20/h1-8H,10-11H2. The Morgan fingerprint density at radius 1 is 0.920 bits per heavy atom. The Labute approximate surface area is 176 Å². The van der Waals surface area contributed by atoms with Crippen LogP contribution in [-0.4, -0.2) is 4.37 Å². The van der Waals surface area contributed by atoms with E-state index in [-0.39, 0.29) is 0 Å². The molecule has 0 saturated heterocycles. The summed E-state index contributed by atoms with van der Waals surface area (Å²) in [5.41, 5.74) is 3.11. The second kappa shape index (κ2) is 9.24. The zero-order valence-corrected chi connectivity index (χ0v) is 18.5. The highest BCUT2D eigenvalue weighted by molar-refractivity contribution is 9.10. The van der Waals surface area contributed by atoms with Crippen LogP contribution in [0.2, 0.25) is 0 Å². The third kappa shape index (κ3) is 4.89. The maximum absolute atomic E-state index is 9.56. The lowest BCUT2D eigenvalue weighted by molar-refractivity contribution is 1.22. The highest BCUT2D eigenvalue weighted by Crippen LogP contribution is 2.38. The Balaban J connectivity index is 1.70. The van der Waals surface area contributed by atoms with Gasteiger partial charge in [-0.15, -0.1) is 11.8 Å². The van der Waals surface area contributed by atoms with Crippen molar-refractivity contribution in [2.75, 3.05) is 0 Å². The van der Waals surface area contributed by atoms with Crippen LogP contribution in [0.5, 0.6) is 0 Å². The molecule has 0 unspecified atom stereocenters. The summed E-state index contributed by atoms with van der Waals surface area (Å²) in [5, 5.41) is 10.4. The fraction of sp³-hybridized carbons (Fsp3) is 0.111. The van der Waals surface area contributed by atoms with Gasteiger partial charge in [0.2, 0.25) is 0 Å². The van der Waals surface area contributed by atoms with Crippen LogP contribution in [0, 0.1) is 11.3 Å². The summed E-state index contributed by atoms with van der Waals surface area (Å²) in [5.74, 6) is 1.60. The van der Waals surface area contributed by atoms with Gasteiger partial charge in [-0.25, -0.2) is 0 Å². The number of benzene rings is 2. The maximum Gasteiger partial charge on any atom is 0.129 e. The third-order valence-corrected chi connectivity index (χ3v) is 8.21. The lowest BCUT2D eigenvalue weighted by Gasteiger charge is -2.04. The molecule has 7 heteroatoms. The molecule has 1 aromatic heterocycles. The molecule has 0 saturated carbocycles. The fourth-order valence-electron chi connectivity index (χ4n) is 2.07. The van der Waals surface area contributed by atoms with Gasteiger partial charge >= 0.3 is 0 Å². The maximum atomic E-state index is 9.56. The highest BCUT2D eigenvalue weighted by Gasteiger charge is 2.15. The van der Waals surface area contributed by atoms with Crippen LogP contribution in [0.15, 0.2) is 66.7 Å². The highest BCUT2D eigenvalue weighted by atomic mass is 79.9. The Morgan fingerprint density at radius 3 is 2.04 bits per heavy atom. The minimum absolute atomic E-state index is 0.694. The van der Waals surface area contributed by atoms with Crippen LogP contribution in [0.1, 0.15) is 16.7 Å². The summed E-state index contributed by atoms with van der Waals surface area (Å²) in [4.78, 5) is 0. The first-order valence-corrected chi connectivity index (χ1v) is 11.6. The van der Waals surface area contributed by atoms with Crippen molar-refractivity contribution in [1.82, 2.24) is 4.37 Å². The molecule has 0 spiro atoms. The van der Waals surface area contributed by atoms with Gasteiger partial charge in [0.05, 0.1) is 4.21 Å². The summed E-state index contributed by atoms with van der Waals surface area (Å²) in [6, 6.07) is 18.6. The van der Waals surface area contributed by atoms with Crippen molar-refractivity contribution >= 4 is 66.9 Å². The Morgan fingerprint density at radius 2 is 1.48 bits per heavy atom. The van der Waals surface area contributed by atoms with E-state index in [1.54, 1.807) is 23.5 Å². The first-order chi connectivity index (χ1) is 12.2. The summed E-state index contributed by atoms with van der Waals surface area (Å²) >= 11 is 11.8. The summed E-state index contributed by atoms with van der Waals surface area (Å²) < 4.78 is 7.66. The van der Waals surface area contributed by atoms with Crippen molar-refractivity contribution in [3.63, 3.8) is 0 Å². The van der Waals surface area contributed by atoms with Crippen molar-refractivity contribution < 1.29 is 0 Å². The number of thioether (sulfide) groups is 2. The zero-order chi connectivity index (χ0) is 17.6. The van der Waals surface area contributed by atoms with Crippen molar-refractivity contribution in [2.45, 2.75) is 20.7 Å². The largest absolute Gasteiger partial charge is 0.192 e. The average molecular weight is 512 g/mol. The molecule has 0 aliphatic rings. The summed E-state index contributed by atoms with van der Waals surface area (Å²) in [6.07, 6.45) is 0. The SMILES string of the molecule is N#Cc1c(SCc2ccccc2Br)nsc1SCc1ccccc1Br. The monoisotopic (exact) mass is 510 g/mol. The molecule has 3 aromatic rings. The molecule has 3 rings (SSSR count). The molecule has 0 N–H and O–H groups in total. The van der Waals surface area contributed by atoms with Crippen molar-refractivity contribution in [1.29, 1.82) is 5.26 Å². The first kappa shape index (κ1) is 19.0. The Bertz CT molecular complexity index is 852. The zero-order valence-electron chi connectivity index (χ0n) is 12.9. The van der Waals surface area contributed by atoms with Gasteiger partial charge in [-0.1, -0.05) is 80.0 Å². The van der Waals surface area contributed by atoms with Crippen LogP contribution in [-0.2, 0) is 11.5 Å².